The molecule has 0 radical (unpaired) electrons. The molecule has 0 unspecified atom stereocenters. The number of nitrogens with zero attached hydrogens (tertiary/aromatic N) is 1. The second kappa shape index (κ2) is 6.81. The van der Waals surface area contributed by atoms with Crippen molar-refractivity contribution in [3.8, 4) is 0 Å². The van der Waals surface area contributed by atoms with Crippen molar-refractivity contribution in [1.29, 1.82) is 0 Å². The van der Waals surface area contributed by atoms with Crippen LogP contribution in [-0.2, 0) is 4.79 Å². The fraction of sp³-hybridized carbons (Fsp3) is 0.385. The molecule has 1 heterocycles. The first-order chi connectivity index (χ1) is 9.56. The Hall–Kier alpha value is -1.46. The molecule has 1 aliphatic heterocycles. The van der Waals surface area contributed by atoms with E-state index in [9.17, 15) is 9.59 Å². The molecule has 5 nitrogen and oxygen atoms in total. The van der Waals surface area contributed by atoms with Crippen molar-refractivity contribution in [3.05, 3.63) is 28.2 Å². The molecule has 1 aromatic carbocycles. The normalized spacial score (nSPS) is 14.2. The molecule has 2 rings (SSSR count). The third-order valence-electron chi connectivity index (χ3n) is 3.04. The first-order valence-electron chi connectivity index (χ1n) is 6.34. The minimum Gasteiger partial charge on any atom is -0.341 e. The maximum atomic E-state index is 11.7. The Labute approximate surface area is 127 Å². The number of likely N-dealkylation sites (tertiary alicyclic amines) is 1. The number of anilines is 1. The van der Waals surface area contributed by atoms with Crippen LogP contribution in [0.25, 0.3) is 0 Å². The molecular weight excluding hydrogens is 301 g/mol. The Kier molecular flexibility index (Phi) is 5.09. The number of nitrogens with one attached hydrogen (secondary N) is 2. The second-order valence-corrected chi connectivity index (χ2v) is 5.34. The number of rotatable bonds is 3. The largest absolute Gasteiger partial charge is 0.341 e. The summed E-state index contributed by atoms with van der Waals surface area (Å²) in [7, 11) is 0. The minimum absolute atomic E-state index is 0.00679. The quantitative estimate of drug-likeness (QED) is 0.901. The monoisotopic (exact) mass is 315 g/mol. The van der Waals surface area contributed by atoms with Gasteiger partial charge in [0.15, 0.2) is 0 Å². The third kappa shape index (κ3) is 4.02. The van der Waals surface area contributed by atoms with Gasteiger partial charge in [-0.15, -0.1) is 0 Å². The Bertz CT molecular complexity index is 516. The molecular formula is C13H15Cl2N3O2. The highest BCUT2D eigenvalue weighted by Crippen LogP contribution is 2.24. The van der Waals surface area contributed by atoms with Crippen LogP contribution in [0.2, 0.25) is 10.0 Å². The van der Waals surface area contributed by atoms with Gasteiger partial charge in [0.2, 0.25) is 5.91 Å². The standard InChI is InChI=1S/C13H15Cl2N3O2/c14-10-4-3-9(7-11(10)15)17-13(20)16-8-12(19)18-5-1-2-6-18/h3-4,7H,1-2,5-6,8H2,(H2,16,17,20). The van der Waals surface area contributed by atoms with Crippen molar-refractivity contribution < 1.29 is 9.59 Å². The number of benzene rings is 1. The van der Waals surface area contributed by atoms with Crippen LogP contribution in [0.15, 0.2) is 18.2 Å². The van der Waals surface area contributed by atoms with Gasteiger partial charge in [-0.05, 0) is 31.0 Å². The van der Waals surface area contributed by atoms with Crippen molar-refractivity contribution in [3.63, 3.8) is 0 Å². The molecule has 0 saturated carbocycles. The van der Waals surface area contributed by atoms with E-state index < -0.39 is 6.03 Å². The van der Waals surface area contributed by atoms with E-state index in [0.29, 0.717) is 15.7 Å². The smallest absolute Gasteiger partial charge is 0.319 e. The molecule has 0 aliphatic carbocycles. The van der Waals surface area contributed by atoms with Crippen LogP contribution >= 0.6 is 23.2 Å². The first kappa shape index (κ1) is 14.9. The number of hydrogen-bond donors (Lipinski definition) is 2. The summed E-state index contributed by atoms with van der Waals surface area (Å²) < 4.78 is 0. The zero-order valence-electron chi connectivity index (χ0n) is 10.8. The van der Waals surface area contributed by atoms with E-state index in [2.05, 4.69) is 10.6 Å². The van der Waals surface area contributed by atoms with E-state index in [0.717, 1.165) is 25.9 Å². The molecule has 1 aliphatic rings. The Morgan fingerprint density at radius 1 is 1.15 bits per heavy atom. The predicted molar refractivity (Wildman–Crippen MR) is 79.3 cm³/mol. The lowest BCUT2D eigenvalue weighted by atomic mass is 10.3. The molecule has 2 N–H and O–H groups in total. The third-order valence-corrected chi connectivity index (χ3v) is 3.78. The topological polar surface area (TPSA) is 61.4 Å². The van der Waals surface area contributed by atoms with Crippen LogP contribution in [0.4, 0.5) is 10.5 Å². The molecule has 0 bridgehead atoms. The van der Waals surface area contributed by atoms with Crippen LogP contribution in [0.3, 0.4) is 0 Å². The van der Waals surface area contributed by atoms with E-state index in [1.54, 1.807) is 23.1 Å². The zero-order chi connectivity index (χ0) is 14.5. The molecule has 0 atom stereocenters. The number of halogens is 2. The van der Waals surface area contributed by atoms with Crippen LogP contribution < -0.4 is 10.6 Å². The number of hydrogen-bond acceptors (Lipinski definition) is 2. The highest BCUT2D eigenvalue weighted by molar-refractivity contribution is 6.42. The second-order valence-electron chi connectivity index (χ2n) is 4.52. The average Bonchev–Trinajstić information content (AvgIpc) is 2.94. The lowest BCUT2D eigenvalue weighted by Crippen LogP contribution is -2.40. The van der Waals surface area contributed by atoms with Gasteiger partial charge in [0, 0.05) is 18.8 Å². The van der Waals surface area contributed by atoms with Gasteiger partial charge in [0.25, 0.3) is 0 Å². The van der Waals surface area contributed by atoms with Crippen molar-refractivity contribution in [2.75, 3.05) is 25.0 Å². The van der Waals surface area contributed by atoms with Gasteiger partial charge in [-0.3, -0.25) is 4.79 Å². The SMILES string of the molecule is O=C(NCC(=O)N1CCCC1)Nc1ccc(Cl)c(Cl)c1. The van der Waals surface area contributed by atoms with Gasteiger partial charge >= 0.3 is 6.03 Å². The minimum atomic E-state index is -0.448. The molecule has 1 aromatic rings. The average molecular weight is 316 g/mol. The van der Waals surface area contributed by atoms with Gasteiger partial charge in [0.05, 0.1) is 16.6 Å². The molecule has 7 heteroatoms. The van der Waals surface area contributed by atoms with E-state index in [-0.39, 0.29) is 12.5 Å². The Balaban J connectivity index is 1.80. The maximum absolute atomic E-state index is 11.7. The summed E-state index contributed by atoms with van der Waals surface area (Å²) in [5, 5.41) is 5.89. The van der Waals surface area contributed by atoms with E-state index >= 15 is 0 Å². The summed E-state index contributed by atoms with van der Waals surface area (Å²) in [6.45, 7) is 1.54. The van der Waals surface area contributed by atoms with Gasteiger partial charge in [0.1, 0.15) is 0 Å². The number of urea groups is 1. The fourth-order valence-electron chi connectivity index (χ4n) is 1.98. The van der Waals surface area contributed by atoms with Gasteiger partial charge in [-0.1, -0.05) is 23.2 Å². The zero-order valence-corrected chi connectivity index (χ0v) is 12.3. The number of carbonyl (C=O) groups is 2. The molecule has 3 amide bonds. The molecule has 108 valence electrons. The Morgan fingerprint density at radius 2 is 1.85 bits per heavy atom. The molecule has 0 aromatic heterocycles. The summed E-state index contributed by atoms with van der Waals surface area (Å²) in [5.41, 5.74) is 0.519. The van der Waals surface area contributed by atoms with Gasteiger partial charge in [-0.2, -0.15) is 0 Å². The fourth-order valence-corrected chi connectivity index (χ4v) is 2.28. The van der Waals surface area contributed by atoms with E-state index in [4.69, 9.17) is 23.2 Å². The first-order valence-corrected chi connectivity index (χ1v) is 7.09. The lowest BCUT2D eigenvalue weighted by molar-refractivity contribution is -0.128. The van der Waals surface area contributed by atoms with Gasteiger partial charge in [-0.25, -0.2) is 4.79 Å². The number of carbonyl (C=O) groups excluding carboxylic acids is 2. The lowest BCUT2D eigenvalue weighted by Gasteiger charge is -2.15. The summed E-state index contributed by atoms with van der Waals surface area (Å²) >= 11 is 11.6. The summed E-state index contributed by atoms with van der Waals surface area (Å²) in [4.78, 5) is 25.2. The van der Waals surface area contributed by atoms with E-state index in [1.165, 1.54) is 0 Å². The Morgan fingerprint density at radius 3 is 2.50 bits per heavy atom. The van der Waals surface area contributed by atoms with Crippen LogP contribution in [0, 0.1) is 0 Å². The summed E-state index contributed by atoms with van der Waals surface area (Å²) in [5.74, 6) is -0.0632. The molecule has 20 heavy (non-hydrogen) atoms. The van der Waals surface area contributed by atoms with Crippen LogP contribution in [0.5, 0.6) is 0 Å². The summed E-state index contributed by atoms with van der Waals surface area (Å²) in [6, 6.07) is 4.33. The molecule has 1 fully saturated rings. The maximum Gasteiger partial charge on any atom is 0.319 e. The van der Waals surface area contributed by atoms with Crippen LogP contribution in [-0.4, -0.2) is 36.5 Å². The number of amides is 3. The van der Waals surface area contributed by atoms with Gasteiger partial charge < -0.3 is 15.5 Å². The molecule has 1 saturated heterocycles. The van der Waals surface area contributed by atoms with Crippen molar-refractivity contribution >= 4 is 40.8 Å². The van der Waals surface area contributed by atoms with E-state index in [1.807, 2.05) is 0 Å². The van der Waals surface area contributed by atoms with Crippen molar-refractivity contribution in [2.24, 2.45) is 0 Å². The highest BCUT2D eigenvalue weighted by atomic mass is 35.5. The van der Waals surface area contributed by atoms with Crippen molar-refractivity contribution in [2.45, 2.75) is 12.8 Å². The van der Waals surface area contributed by atoms with Crippen LogP contribution in [0.1, 0.15) is 12.8 Å². The predicted octanol–water partition coefficient (Wildman–Crippen LogP) is 2.74. The highest BCUT2D eigenvalue weighted by Gasteiger charge is 2.18. The van der Waals surface area contributed by atoms with Crippen molar-refractivity contribution in [1.82, 2.24) is 10.2 Å². The molecule has 0 spiro atoms. The summed E-state index contributed by atoms with van der Waals surface area (Å²) in [6.07, 6.45) is 2.06.